The number of rotatable bonds is 3. The third-order valence-corrected chi connectivity index (χ3v) is 4.42. The van der Waals surface area contributed by atoms with Gasteiger partial charge in [-0.25, -0.2) is 0 Å². The summed E-state index contributed by atoms with van der Waals surface area (Å²) < 4.78 is 0. The van der Waals surface area contributed by atoms with E-state index in [0.717, 1.165) is 12.3 Å². The van der Waals surface area contributed by atoms with E-state index in [-0.39, 0.29) is 0 Å². The SMILES string of the molecule is C=C(C)CC[C@H]1C(=C)CC[C@@H](C)C1(C)C. The van der Waals surface area contributed by atoms with Gasteiger partial charge in [-0.1, -0.05) is 38.5 Å². The van der Waals surface area contributed by atoms with Gasteiger partial charge in [0.15, 0.2) is 0 Å². The average molecular weight is 206 g/mol. The monoisotopic (exact) mass is 206 g/mol. The molecule has 0 aromatic heterocycles. The smallest absolute Gasteiger partial charge is 0.0149 e. The van der Waals surface area contributed by atoms with Gasteiger partial charge in [0.1, 0.15) is 0 Å². The summed E-state index contributed by atoms with van der Waals surface area (Å²) in [6, 6.07) is 0. The van der Waals surface area contributed by atoms with Gasteiger partial charge in [-0.3, -0.25) is 0 Å². The molecule has 0 aromatic rings. The Morgan fingerprint density at radius 2 is 2.07 bits per heavy atom. The molecule has 0 spiro atoms. The van der Waals surface area contributed by atoms with Crippen LogP contribution in [0.15, 0.2) is 24.3 Å². The second kappa shape index (κ2) is 4.55. The zero-order valence-electron chi connectivity index (χ0n) is 10.9. The molecular formula is C15H26. The standard InChI is InChI=1S/C15H26/c1-11(2)7-10-14-12(3)8-9-13(4)15(14,5)6/h13-14H,1,3,7-10H2,2,4-6H3/t13-,14+/m1/s1. The van der Waals surface area contributed by atoms with Crippen molar-refractivity contribution in [1.82, 2.24) is 0 Å². The minimum atomic E-state index is 0.421. The van der Waals surface area contributed by atoms with Gasteiger partial charge in [-0.2, -0.15) is 0 Å². The Hall–Kier alpha value is -0.520. The molecule has 1 aliphatic rings. The third kappa shape index (κ3) is 2.74. The Morgan fingerprint density at radius 1 is 1.47 bits per heavy atom. The molecule has 0 bridgehead atoms. The van der Waals surface area contributed by atoms with E-state index in [1.54, 1.807) is 0 Å². The number of allylic oxidation sites excluding steroid dienone is 2. The van der Waals surface area contributed by atoms with Crippen LogP contribution in [-0.4, -0.2) is 0 Å². The first-order chi connectivity index (χ1) is 6.85. The van der Waals surface area contributed by atoms with E-state index < -0.39 is 0 Å². The molecule has 0 saturated heterocycles. The molecule has 0 unspecified atom stereocenters. The van der Waals surface area contributed by atoms with Crippen LogP contribution in [0.4, 0.5) is 0 Å². The van der Waals surface area contributed by atoms with Crippen molar-refractivity contribution in [2.45, 2.75) is 53.4 Å². The van der Waals surface area contributed by atoms with Gasteiger partial charge < -0.3 is 0 Å². The molecule has 0 aromatic carbocycles. The van der Waals surface area contributed by atoms with E-state index in [9.17, 15) is 0 Å². The van der Waals surface area contributed by atoms with Gasteiger partial charge in [0.25, 0.3) is 0 Å². The molecule has 0 N–H and O–H groups in total. The maximum absolute atomic E-state index is 4.27. The van der Waals surface area contributed by atoms with Crippen LogP contribution < -0.4 is 0 Å². The molecule has 0 nitrogen and oxygen atoms in total. The summed E-state index contributed by atoms with van der Waals surface area (Å²) in [5, 5.41) is 0. The largest absolute Gasteiger partial charge is 0.100 e. The second-order valence-corrected chi connectivity index (χ2v) is 5.97. The van der Waals surface area contributed by atoms with Crippen LogP contribution in [0.1, 0.15) is 53.4 Å². The van der Waals surface area contributed by atoms with Gasteiger partial charge in [0, 0.05) is 0 Å². The van der Waals surface area contributed by atoms with Crippen LogP contribution in [-0.2, 0) is 0 Å². The lowest BCUT2D eigenvalue weighted by molar-refractivity contribution is 0.107. The van der Waals surface area contributed by atoms with Crippen molar-refractivity contribution in [3.8, 4) is 0 Å². The van der Waals surface area contributed by atoms with Gasteiger partial charge in [0.2, 0.25) is 0 Å². The molecule has 0 heterocycles. The molecule has 0 amide bonds. The molecule has 0 aliphatic heterocycles. The van der Waals surface area contributed by atoms with Crippen molar-refractivity contribution in [3.63, 3.8) is 0 Å². The first-order valence-electron chi connectivity index (χ1n) is 6.17. The van der Waals surface area contributed by atoms with Crippen LogP contribution >= 0.6 is 0 Å². The van der Waals surface area contributed by atoms with Gasteiger partial charge in [0.05, 0.1) is 0 Å². The third-order valence-electron chi connectivity index (χ3n) is 4.42. The Labute approximate surface area is 95.5 Å². The zero-order valence-corrected chi connectivity index (χ0v) is 10.9. The Kier molecular flexibility index (Phi) is 3.81. The summed E-state index contributed by atoms with van der Waals surface area (Å²) in [5.74, 6) is 1.51. The zero-order chi connectivity index (χ0) is 11.6. The van der Waals surface area contributed by atoms with Gasteiger partial charge in [-0.05, 0) is 49.9 Å². The molecule has 1 saturated carbocycles. The quantitative estimate of drug-likeness (QED) is 0.572. The fourth-order valence-corrected chi connectivity index (χ4v) is 2.78. The summed E-state index contributed by atoms with van der Waals surface area (Å²) in [5.41, 5.74) is 3.20. The molecule has 86 valence electrons. The van der Waals surface area contributed by atoms with E-state index in [0.29, 0.717) is 11.3 Å². The van der Waals surface area contributed by atoms with E-state index in [1.807, 2.05) is 0 Å². The summed E-state index contributed by atoms with van der Waals surface area (Å²) in [6.07, 6.45) is 4.94. The van der Waals surface area contributed by atoms with Gasteiger partial charge >= 0.3 is 0 Å². The minimum Gasteiger partial charge on any atom is -0.100 e. The topological polar surface area (TPSA) is 0 Å². The van der Waals surface area contributed by atoms with Crippen LogP contribution in [0.2, 0.25) is 0 Å². The fraction of sp³-hybridized carbons (Fsp3) is 0.733. The summed E-state index contributed by atoms with van der Waals surface area (Å²) in [4.78, 5) is 0. The lowest BCUT2D eigenvalue weighted by atomic mass is 9.60. The maximum atomic E-state index is 4.27. The Morgan fingerprint density at radius 3 is 2.60 bits per heavy atom. The highest BCUT2D eigenvalue weighted by Crippen LogP contribution is 2.49. The lowest BCUT2D eigenvalue weighted by Crippen LogP contribution is -2.36. The lowest BCUT2D eigenvalue weighted by Gasteiger charge is -2.45. The van der Waals surface area contributed by atoms with Crippen LogP contribution in [0.3, 0.4) is 0 Å². The van der Waals surface area contributed by atoms with Crippen molar-refractivity contribution in [2.75, 3.05) is 0 Å². The molecule has 0 heteroatoms. The highest BCUT2D eigenvalue weighted by molar-refractivity contribution is 5.11. The average Bonchev–Trinajstić information content (AvgIpc) is 2.11. The molecular weight excluding hydrogens is 180 g/mol. The van der Waals surface area contributed by atoms with Crippen molar-refractivity contribution < 1.29 is 0 Å². The summed E-state index contributed by atoms with van der Waals surface area (Å²) >= 11 is 0. The van der Waals surface area contributed by atoms with Crippen LogP contribution in [0.5, 0.6) is 0 Å². The van der Waals surface area contributed by atoms with Crippen molar-refractivity contribution >= 4 is 0 Å². The summed E-state index contributed by atoms with van der Waals surface area (Å²) in [7, 11) is 0. The molecule has 1 fully saturated rings. The van der Waals surface area contributed by atoms with E-state index >= 15 is 0 Å². The molecule has 1 rings (SSSR count). The van der Waals surface area contributed by atoms with Crippen molar-refractivity contribution in [2.24, 2.45) is 17.3 Å². The molecule has 0 radical (unpaired) electrons. The highest BCUT2D eigenvalue weighted by Gasteiger charge is 2.38. The van der Waals surface area contributed by atoms with E-state index in [1.165, 1.54) is 30.4 Å². The number of hydrogen-bond donors (Lipinski definition) is 0. The highest BCUT2D eigenvalue weighted by atomic mass is 14.4. The molecule has 15 heavy (non-hydrogen) atoms. The molecule has 2 atom stereocenters. The minimum absolute atomic E-state index is 0.421. The Bertz CT molecular complexity index is 257. The molecule has 1 aliphatic carbocycles. The van der Waals surface area contributed by atoms with Crippen LogP contribution in [0, 0.1) is 17.3 Å². The van der Waals surface area contributed by atoms with Crippen molar-refractivity contribution in [3.05, 3.63) is 24.3 Å². The maximum Gasteiger partial charge on any atom is -0.0149 e. The predicted octanol–water partition coefficient (Wildman–Crippen LogP) is 4.97. The van der Waals surface area contributed by atoms with E-state index in [4.69, 9.17) is 0 Å². The van der Waals surface area contributed by atoms with E-state index in [2.05, 4.69) is 40.9 Å². The summed E-state index contributed by atoms with van der Waals surface area (Å²) in [6.45, 7) is 17.6. The second-order valence-electron chi connectivity index (χ2n) is 5.97. The first-order valence-corrected chi connectivity index (χ1v) is 6.17. The normalized spacial score (nSPS) is 30.3. The predicted molar refractivity (Wildman–Crippen MR) is 68.9 cm³/mol. The van der Waals surface area contributed by atoms with Crippen molar-refractivity contribution in [1.29, 1.82) is 0 Å². The first kappa shape index (κ1) is 12.5. The fourth-order valence-electron chi connectivity index (χ4n) is 2.78. The van der Waals surface area contributed by atoms with Crippen LogP contribution in [0.25, 0.3) is 0 Å². The number of hydrogen-bond acceptors (Lipinski definition) is 0. The van der Waals surface area contributed by atoms with Gasteiger partial charge in [-0.15, -0.1) is 6.58 Å². The Balaban J connectivity index is 2.72.